The van der Waals surface area contributed by atoms with Crippen LogP contribution in [0, 0.1) is 41.9 Å². The van der Waals surface area contributed by atoms with Crippen molar-refractivity contribution in [2.75, 3.05) is 59.8 Å². The fourth-order valence-electron chi connectivity index (χ4n) is 13.3. The summed E-state index contributed by atoms with van der Waals surface area (Å²) in [7, 11) is 6.04. The molecule has 2 aliphatic heterocycles. The zero-order valence-electron chi connectivity index (χ0n) is 64.7. The molecule has 11 N–H and O–H groups in total. The van der Waals surface area contributed by atoms with Crippen LogP contribution in [0.25, 0.3) is 0 Å². The molecule has 0 unspecified atom stereocenters. The molecular formula is C77H117N13O17. The Bertz CT molecular complexity index is 3370. The number of nitrogens with zero attached hydrogens (tertiary/aromatic N) is 4. The number of aliphatic hydroxyl groups is 1. The number of carbonyl (C=O) groups is 13. The van der Waals surface area contributed by atoms with Crippen molar-refractivity contribution in [1.82, 2.24) is 56.8 Å². The van der Waals surface area contributed by atoms with Crippen LogP contribution in [0.3, 0.4) is 0 Å². The van der Waals surface area contributed by atoms with E-state index in [2.05, 4.69) is 42.5 Å². The van der Waals surface area contributed by atoms with Crippen LogP contribution in [0.5, 0.6) is 0 Å². The molecule has 14 amide bonds. The van der Waals surface area contributed by atoms with Gasteiger partial charge in [-0.25, -0.2) is 9.59 Å². The van der Waals surface area contributed by atoms with Crippen molar-refractivity contribution >= 4 is 82.8 Å². The Labute approximate surface area is 630 Å². The lowest BCUT2D eigenvalue weighted by Gasteiger charge is -2.41. The molecule has 0 saturated carbocycles. The second kappa shape index (κ2) is 45.2. The van der Waals surface area contributed by atoms with Crippen molar-refractivity contribution in [3.05, 3.63) is 77.9 Å². The van der Waals surface area contributed by atoms with Crippen LogP contribution in [0.15, 0.2) is 66.7 Å². The predicted octanol–water partition coefficient (Wildman–Crippen LogP) is 4.48. The molecule has 2 aliphatic rings. The minimum atomic E-state index is -1.23. The highest BCUT2D eigenvalue weighted by Gasteiger charge is 2.44. The normalized spacial score (nSPS) is 16.8. The van der Waals surface area contributed by atoms with E-state index in [1.807, 2.05) is 38.0 Å². The van der Waals surface area contributed by atoms with Gasteiger partial charge in [0, 0.05) is 78.8 Å². The number of imide groups is 1. The number of benzene rings is 2. The van der Waals surface area contributed by atoms with Gasteiger partial charge in [-0.15, -0.1) is 6.42 Å². The number of carbonyl (C=O) groups excluding carboxylic acids is 13. The number of rotatable bonds is 45. The third kappa shape index (κ3) is 28.0. The number of nitrogens with two attached hydrogens (primary N) is 1. The van der Waals surface area contributed by atoms with Crippen molar-refractivity contribution in [3.63, 3.8) is 0 Å². The number of ether oxygens (including phenoxy) is 3. The van der Waals surface area contributed by atoms with Crippen LogP contribution in [-0.4, -0.2) is 217 Å². The van der Waals surface area contributed by atoms with Crippen LogP contribution in [-0.2, 0) is 73.6 Å². The highest BCUT2D eigenvalue weighted by atomic mass is 16.6. The first-order chi connectivity index (χ1) is 50.7. The molecule has 13 atom stereocenters. The molecule has 0 radical (unpaired) electrons. The molecule has 592 valence electrons. The number of amides is 14. The van der Waals surface area contributed by atoms with E-state index >= 15 is 0 Å². The average molecular weight is 1500 g/mol. The number of unbranched alkanes of at least 4 members (excludes halogenated alkanes) is 3. The van der Waals surface area contributed by atoms with Crippen molar-refractivity contribution in [2.45, 2.75) is 226 Å². The van der Waals surface area contributed by atoms with Crippen molar-refractivity contribution in [1.29, 1.82) is 0 Å². The summed E-state index contributed by atoms with van der Waals surface area (Å²) in [5.74, 6) is -6.00. The molecule has 4 rings (SSSR count). The van der Waals surface area contributed by atoms with E-state index in [4.69, 9.17) is 26.4 Å². The fourth-order valence-corrected chi connectivity index (χ4v) is 13.3. The summed E-state index contributed by atoms with van der Waals surface area (Å²) in [4.78, 5) is 180. The lowest BCUT2D eigenvalue weighted by molar-refractivity contribution is -0.148. The Balaban J connectivity index is 1.41. The fraction of sp³-hybridized carbons (Fsp3) is 0.623. The van der Waals surface area contributed by atoms with Gasteiger partial charge in [-0.3, -0.25) is 62.5 Å². The first-order valence-corrected chi connectivity index (χ1v) is 37.2. The molecule has 2 heterocycles. The van der Waals surface area contributed by atoms with Crippen molar-refractivity contribution < 1.29 is 81.6 Å². The standard InChI is InChI=1S/C77H117N13O17/c1-16-49(9)67(58(105-14)44-63(95)89-43-27-32-57(89)69(106-15)50(10)70(97)81-51(11)68(96)53-28-20-18-21-29-53)87(12)75(102)65(47(5)6)86-74(101)66(48(7)8)88(13)77(104)107-45-52-34-36-54(37-35-52)82-71(98)56(31-26-41-80-76(78)103)84-73(100)64(46(3)4)85-72(99)55(30-23-24-40-79-59(91)17-2)83-60(92)33-22-19-25-42-90-61(93)38-39-62(90)94/h2,18,20-21,28-29,34-39,46-51,55-58,64-69,96H,16,19,22-27,30-33,40-45H2,1,3-15H3,(H,79,91)(H,81,97)(H,82,98)(H,83,92)(H,84,100)(H,85,99)(H,86,101)(H3,78,80,103)/t49-,50+,51-,55-,56-,57-,58-,64-,65-,66-,67-,68-,69+/m0/s1. The van der Waals surface area contributed by atoms with Crippen LogP contribution < -0.4 is 48.3 Å². The molecule has 0 bridgehead atoms. The third-order valence-corrected chi connectivity index (χ3v) is 19.7. The molecule has 107 heavy (non-hydrogen) atoms. The van der Waals surface area contributed by atoms with Crippen LogP contribution >= 0.6 is 0 Å². The quantitative estimate of drug-likeness (QED) is 0.0248. The SMILES string of the molecule is C#CC(=O)NCCCC[C@H](NC(=O)CCCCCN1C(=O)C=CC1=O)C(=O)N[C@H](C(=O)N[C@@H](CCCNC(N)=O)C(=O)Nc1ccc(COC(=O)N(C)[C@H](C(=O)N[C@H](C(=O)N(C)[C@H]([C@H](CC(=O)N2CCC[C@H]2[C@H](OC)[C@@H](C)C(=O)N[C@@H](C)[C@H](O)c2ccccc2)OC)[C@@H](C)CC)C(C)C)C(C)C)cc1)C(C)C. The van der Waals surface area contributed by atoms with Gasteiger partial charge in [0.05, 0.1) is 48.8 Å². The highest BCUT2D eigenvalue weighted by Crippen LogP contribution is 2.31. The number of hydrogen-bond donors (Lipinski definition) is 10. The molecule has 1 fully saturated rings. The molecule has 0 aliphatic carbocycles. The first kappa shape index (κ1) is 89.9. The number of likely N-dealkylation sites (tertiary alicyclic amines) is 1. The zero-order valence-corrected chi connectivity index (χ0v) is 64.7. The molecule has 0 spiro atoms. The Morgan fingerprint density at radius 3 is 1.88 bits per heavy atom. The van der Waals surface area contributed by atoms with E-state index in [-0.39, 0.29) is 81.8 Å². The highest BCUT2D eigenvalue weighted by molar-refractivity contribution is 6.13. The number of primary amides is 1. The number of anilines is 1. The minimum Gasteiger partial charge on any atom is -0.445 e. The summed E-state index contributed by atoms with van der Waals surface area (Å²) >= 11 is 0. The van der Waals surface area contributed by atoms with Crippen LogP contribution in [0.4, 0.5) is 15.3 Å². The van der Waals surface area contributed by atoms with E-state index in [1.54, 1.807) is 104 Å². The topological polar surface area (TPSA) is 405 Å². The molecule has 2 aromatic carbocycles. The van der Waals surface area contributed by atoms with Gasteiger partial charge in [0.1, 0.15) is 36.8 Å². The Morgan fingerprint density at radius 2 is 1.29 bits per heavy atom. The molecule has 0 aromatic heterocycles. The second-order valence-corrected chi connectivity index (χ2v) is 28.7. The maximum Gasteiger partial charge on any atom is 0.410 e. The maximum atomic E-state index is 14.9. The van der Waals surface area contributed by atoms with E-state index < -0.39 is 156 Å². The summed E-state index contributed by atoms with van der Waals surface area (Å²) < 4.78 is 17.8. The minimum absolute atomic E-state index is 0.000350. The molecule has 30 heteroatoms. The molecule has 2 aromatic rings. The predicted molar refractivity (Wildman–Crippen MR) is 401 cm³/mol. The lowest BCUT2D eigenvalue weighted by atomic mass is 9.89. The monoisotopic (exact) mass is 1500 g/mol. The summed E-state index contributed by atoms with van der Waals surface area (Å²) in [6.07, 6.45) is 8.40. The van der Waals surface area contributed by atoms with Gasteiger partial charge in [-0.05, 0) is 118 Å². The summed E-state index contributed by atoms with van der Waals surface area (Å²) in [5, 5.41) is 32.9. The van der Waals surface area contributed by atoms with E-state index in [9.17, 15) is 67.4 Å². The number of likely N-dealkylation sites (N-methyl/N-ethyl adjacent to an activating group) is 2. The van der Waals surface area contributed by atoms with Gasteiger partial charge in [0.15, 0.2) is 0 Å². The van der Waals surface area contributed by atoms with Gasteiger partial charge in [-0.2, -0.15) is 0 Å². The number of hydrogen-bond acceptors (Lipinski definition) is 17. The largest absolute Gasteiger partial charge is 0.445 e. The van der Waals surface area contributed by atoms with Crippen molar-refractivity contribution in [3.8, 4) is 12.3 Å². The Kier molecular flexibility index (Phi) is 38.0. The summed E-state index contributed by atoms with van der Waals surface area (Å²) in [6, 6.07) is 6.99. The van der Waals surface area contributed by atoms with E-state index in [0.717, 1.165) is 9.80 Å². The summed E-state index contributed by atoms with van der Waals surface area (Å²) in [5.41, 5.74) is 6.72. The number of urea groups is 1. The Morgan fingerprint density at radius 1 is 0.673 bits per heavy atom. The van der Waals surface area contributed by atoms with Gasteiger partial charge in [-0.1, -0.05) is 118 Å². The van der Waals surface area contributed by atoms with E-state index in [1.165, 1.54) is 38.3 Å². The Hall–Kier alpha value is -9.47. The van der Waals surface area contributed by atoms with Crippen molar-refractivity contribution in [2.24, 2.45) is 35.3 Å². The zero-order chi connectivity index (χ0) is 79.8. The van der Waals surface area contributed by atoms with Gasteiger partial charge < -0.3 is 77.4 Å². The van der Waals surface area contributed by atoms with Crippen LogP contribution in [0.1, 0.15) is 170 Å². The molecule has 1 saturated heterocycles. The molecule has 30 nitrogen and oxygen atoms in total. The summed E-state index contributed by atoms with van der Waals surface area (Å²) in [6.45, 7) is 18.4. The van der Waals surface area contributed by atoms with Gasteiger partial charge in [0.25, 0.3) is 17.7 Å². The first-order valence-electron chi connectivity index (χ1n) is 37.2. The maximum absolute atomic E-state index is 14.9. The number of nitrogens with one attached hydrogen (secondary N) is 8. The van der Waals surface area contributed by atoms with E-state index in [0.29, 0.717) is 69.0 Å². The molecular weight excluding hydrogens is 1380 g/mol. The van der Waals surface area contributed by atoms with Crippen LogP contribution in [0.2, 0.25) is 0 Å². The smallest absolute Gasteiger partial charge is 0.410 e. The third-order valence-electron chi connectivity index (χ3n) is 19.7. The lowest BCUT2D eigenvalue weighted by Crippen LogP contribution is -2.60. The number of aliphatic hydroxyl groups excluding tert-OH is 1. The van der Waals surface area contributed by atoms with Gasteiger partial charge in [0.2, 0.25) is 47.3 Å². The average Bonchev–Trinajstić information content (AvgIpc) is 1.79. The number of methoxy groups -OCH3 is 2. The van der Waals surface area contributed by atoms with Gasteiger partial charge >= 0.3 is 12.1 Å². The second-order valence-electron chi connectivity index (χ2n) is 28.7. The number of terminal acetylenes is 1.